The van der Waals surface area contributed by atoms with Crippen molar-refractivity contribution < 1.29 is 26.8 Å². The summed E-state index contributed by atoms with van der Waals surface area (Å²) in [6.45, 7) is 4.03. The highest BCUT2D eigenvalue weighted by atomic mass is 35.5. The Morgan fingerprint density at radius 3 is 2.26 bits per heavy atom. The third-order valence-corrected chi connectivity index (χ3v) is 7.63. The molecule has 7 nitrogen and oxygen atoms in total. The lowest BCUT2D eigenvalue weighted by atomic mass is 10.0. The molecule has 0 saturated carbocycles. The second-order valence-electron chi connectivity index (χ2n) is 8.72. The number of rotatable bonds is 9. The molecule has 0 aliphatic heterocycles. The molecule has 0 fully saturated rings. The van der Waals surface area contributed by atoms with Crippen molar-refractivity contribution in [1.29, 1.82) is 0 Å². The van der Waals surface area contributed by atoms with Gasteiger partial charge in [0.05, 0.1) is 4.90 Å². The van der Waals surface area contributed by atoms with Crippen LogP contribution in [-0.2, 0) is 27.2 Å². The van der Waals surface area contributed by atoms with Crippen molar-refractivity contribution in [2.45, 2.75) is 44.1 Å². The maximum Gasteiger partial charge on any atom is 0.329 e. The predicted octanol–water partition coefficient (Wildman–Crippen LogP) is 5.41. The van der Waals surface area contributed by atoms with Crippen LogP contribution in [0.2, 0.25) is 5.02 Å². The Morgan fingerprint density at radius 1 is 1.03 bits per heavy atom. The fourth-order valence-corrected chi connectivity index (χ4v) is 5.39. The first kappa shape index (κ1) is 29.1. The van der Waals surface area contributed by atoms with Crippen LogP contribution in [0.15, 0.2) is 77.7 Å². The highest BCUT2D eigenvalue weighted by Crippen LogP contribution is 2.35. The average molecular weight is 564 g/mol. The lowest BCUT2D eigenvalue weighted by Crippen LogP contribution is -2.53. The molecule has 0 bridgehead atoms. The number of nitrogens with zero attached hydrogens (tertiary/aromatic N) is 1. The number of hydrogen-bond donors (Lipinski definition) is 2. The first-order valence-corrected chi connectivity index (χ1v) is 13.6. The van der Waals surface area contributed by atoms with Crippen LogP contribution in [-0.4, -0.2) is 32.9 Å². The van der Waals surface area contributed by atoms with Gasteiger partial charge in [0, 0.05) is 36.2 Å². The highest BCUT2D eigenvalue weighted by molar-refractivity contribution is 7.90. The van der Waals surface area contributed by atoms with Gasteiger partial charge in [-0.15, -0.1) is 0 Å². The number of likely N-dealkylation sites (N-methyl/N-ethyl adjacent to an activating group) is 1. The minimum absolute atomic E-state index is 0.0262. The molecular weight excluding hydrogens is 536 g/mol. The summed E-state index contributed by atoms with van der Waals surface area (Å²) in [4.78, 5) is 27.7. The van der Waals surface area contributed by atoms with E-state index in [2.05, 4.69) is 5.32 Å². The number of urea groups is 1. The van der Waals surface area contributed by atoms with E-state index in [9.17, 15) is 26.8 Å². The Morgan fingerprint density at radius 2 is 1.66 bits per heavy atom. The van der Waals surface area contributed by atoms with E-state index in [4.69, 9.17) is 11.6 Å². The maximum absolute atomic E-state index is 14.1. The van der Waals surface area contributed by atoms with E-state index >= 15 is 0 Å². The van der Waals surface area contributed by atoms with Crippen LogP contribution in [0.1, 0.15) is 30.5 Å². The zero-order chi connectivity index (χ0) is 28.1. The number of sulfonamides is 1. The molecule has 3 amide bonds. The number of nitrogens with one attached hydrogen (secondary N) is 2. The lowest BCUT2D eigenvalue weighted by Gasteiger charge is -2.28. The molecule has 0 aliphatic carbocycles. The second-order valence-corrected chi connectivity index (χ2v) is 10.8. The van der Waals surface area contributed by atoms with Crippen LogP contribution < -0.4 is 14.9 Å². The molecule has 11 heteroatoms. The summed E-state index contributed by atoms with van der Waals surface area (Å²) in [5.41, 5.74) is 0.845. The summed E-state index contributed by atoms with van der Waals surface area (Å²) in [6, 6.07) is 16.5. The highest BCUT2D eigenvalue weighted by Gasteiger charge is 2.31. The topological polar surface area (TPSA) is 95.6 Å². The number of halogens is 3. The van der Waals surface area contributed by atoms with Gasteiger partial charge < -0.3 is 10.2 Å². The molecule has 0 saturated heterocycles. The molecule has 1 atom stereocenters. The van der Waals surface area contributed by atoms with Crippen molar-refractivity contribution in [3.8, 4) is 0 Å². The van der Waals surface area contributed by atoms with E-state index in [0.29, 0.717) is 18.1 Å². The zero-order valence-corrected chi connectivity index (χ0v) is 22.6. The summed E-state index contributed by atoms with van der Waals surface area (Å²) in [7, 11) is -4.22. The van der Waals surface area contributed by atoms with Gasteiger partial charge in [-0.25, -0.2) is 26.7 Å². The Hall–Kier alpha value is -3.50. The minimum atomic E-state index is -4.22. The zero-order valence-electron chi connectivity index (χ0n) is 21.0. The number of carbonyl (C=O) groups excluding carboxylic acids is 2. The van der Waals surface area contributed by atoms with Crippen molar-refractivity contribution in [2.75, 3.05) is 11.4 Å². The van der Waals surface area contributed by atoms with Crippen LogP contribution in [0, 0.1) is 6.92 Å². The lowest BCUT2D eigenvalue weighted by molar-refractivity contribution is -0.120. The van der Waals surface area contributed by atoms with E-state index in [1.807, 2.05) is 4.72 Å². The Kier molecular flexibility index (Phi) is 9.11. The van der Waals surface area contributed by atoms with Gasteiger partial charge >= 0.3 is 6.03 Å². The monoisotopic (exact) mass is 563 g/mol. The van der Waals surface area contributed by atoms with Gasteiger partial charge in [-0.1, -0.05) is 60.1 Å². The third-order valence-electron chi connectivity index (χ3n) is 5.81. The van der Waals surface area contributed by atoms with Crippen LogP contribution in [0.3, 0.4) is 0 Å². The van der Waals surface area contributed by atoms with Crippen LogP contribution >= 0.6 is 11.6 Å². The van der Waals surface area contributed by atoms with E-state index in [-0.39, 0.29) is 28.6 Å². The van der Waals surface area contributed by atoms with Gasteiger partial charge in [0.15, 0.2) is 0 Å². The summed E-state index contributed by atoms with van der Waals surface area (Å²) in [5.74, 6) is -3.87. The maximum atomic E-state index is 14.1. The molecule has 3 aromatic rings. The standard InChI is InChI=1S/C27H28ClF2N3O4S/c1-4-33(20-14-15-22(28)21(17-20)27(3,29)30)25(34)23(16-19-11-6-5-7-12-19)31-26(35)32-38(36,37)24-13-9-8-10-18(24)2/h5-15,17,23H,4,16H2,1-3H3,(H2,31,32,35)/t23-/m0/s1. The largest absolute Gasteiger partial charge is 0.329 e. The first-order chi connectivity index (χ1) is 17.8. The number of alkyl halides is 2. The van der Waals surface area contributed by atoms with E-state index in [1.54, 1.807) is 56.3 Å². The second kappa shape index (κ2) is 11.9. The molecule has 0 spiro atoms. The van der Waals surface area contributed by atoms with Gasteiger partial charge in [-0.3, -0.25) is 4.79 Å². The first-order valence-electron chi connectivity index (χ1n) is 11.8. The van der Waals surface area contributed by atoms with Crippen molar-refractivity contribution in [3.05, 3.63) is 94.5 Å². The van der Waals surface area contributed by atoms with Crippen molar-refractivity contribution in [2.24, 2.45) is 0 Å². The van der Waals surface area contributed by atoms with Crippen LogP contribution in [0.25, 0.3) is 0 Å². The Balaban J connectivity index is 1.92. The summed E-state index contributed by atoms with van der Waals surface area (Å²) >= 11 is 5.96. The van der Waals surface area contributed by atoms with Crippen molar-refractivity contribution in [1.82, 2.24) is 10.0 Å². The Bertz CT molecular complexity index is 1410. The summed E-state index contributed by atoms with van der Waals surface area (Å²) in [5, 5.41) is 2.31. The average Bonchev–Trinajstić information content (AvgIpc) is 2.84. The number of amides is 3. The molecule has 3 aromatic carbocycles. The number of carbonyl (C=O) groups is 2. The summed E-state index contributed by atoms with van der Waals surface area (Å²) < 4.78 is 55.7. The van der Waals surface area contributed by atoms with Gasteiger partial charge in [0.1, 0.15) is 6.04 Å². The molecule has 2 N–H and O–H groups in total. The molecule has 0 aliphatic rings. The quantitative estimate of drug-likeness (QED) is 0.364. The molecule has 0 heterocycles. The molecule has 0 unspecified atom stereocenters. The molecule has 3 rings (SSSR count). The number of anilines is 1. The number of hydrogen-bond acceptors (Lipinski definition) is 4. The number of benzene rings is 3. The van der Waals surface area contributed by atoms with E-state index < -0.39 is 39.5 Å². The normalized spacial score (nSPS) is 12.5. The van der Waals surface area contributed by atoms with E-state index in [0.717, 1.165) is 6.07 Å². The summed E-state index contributed by atoms with van der Waals surface area (Å²) in [6.07, 6.45) is 0.0262. The SMILES string of the molecule is CCN(C(=O)[C@H](Cc1ccccc1)NC(=O)NS(=O)(=O)c1ccccc1C)c1ccc(Cl)c(C(C)(F)F)c1. The molecule has 38 heavy (non-hydrogen) atoms. The predicted molar refractivity (Wildman–Crippen MR) is 143 cm³/mol. The third kappa shape index (κ3) is 7.08. The molecule has 0 radical (unpaired) electrons. The van der Waals surface area contributed by atoms with E-state index in [1.165, 1.54) is 29.2 Å². The van der Waals surface area contributed by atoms with Crippen molar-refractivity contribution in [3.63, 3.8) is 0 Å². The fourth-order valence-electron chi connectivity index (χ4n) is 3.94. The minimum Gasteiger partial charge on any atom is -0.325 e. The van der Waals surface area contributed by atoms with Crippen LogP contribution in [0.5, 0.6) is 0 Å². The van der Waals surface area contributed by atoms with Gasteiger partial charge in [-0.05, 0) is 49.2 Å². The smallest absolute Gasteiger partial charge is 0.325 e. The van der Waals surface area contributed by atoms with Gasteiger partial charge in [-0.2, -0.15) is 0 Å². The molecule has 202 valence electrons. The fraction of sp³-hybridized carbons (Fsp3) is 0.259. The van der Waals surface area contributed by atoms with Crippen molar-refractivity contribution >= 4 is 39.2 Å². The Labute approximate surface area is 225 Å². The van der Waals surface area contributed by atoms with Gasteiger partial charge in [0.2, 0.25) is 5.91 Å². The van der Waals surface area contributed by atoms with Crippen LogP contribution in [0.4, 0.5) is 19.3 Å². The molecular formula is C27H28ClF2N3O4S. The number of aryl methyl sites for hydroxylation is 1. The molecule has 0 aromatic heterocycles. The van der Waals surface area contributed by atoms with Gasteiger partial charge in [0.25, 0.3) is 15.9 Å².